The van der Waals surface area contributed by atoms with Crippen molar-refractivity contribution in [1.29, 1.82) is 0 Å². The van der Waals surface area contributed by atoms with Crippen LogP contribution < -0.4 is 96.5 Å². The lowest BCUT2D eigenvalue weighted by atomic mass is 10.0. The molecule has 1 aliphatic rings. The summed E-state index contributed by atoms with van der Waals surface area (Å²) < 4.78 is 0. The molecule has 3 aromatic carbocycles. The molecular formula is C90H131N21O23S2. The van der Waals surface area contributed by atoms with Gasteiger partial charge < -0.3 is 132 Å². The number of fused-ring (bicyclic) bond motifs is 2. The number of carbonyl (C=O) groups is 19. The van der Waals surface area contributed by atoms with E-state index in [9.17, 15) is 107 Å². The Morgan fingerprint density at radius 1 is 0.441 bits per heavy atom. The van der Waals surface area contributed by atoms with Crippen LogP contribution in [0.25, 0.3) is 21.8 Å². The van der Waals surface area contributed by atoms with Crippen molar-refractivity contribution >= 4 is 159 Å². The maximum Gasteiger partial charge on any atom is 0.325 e. The average molecular weight is 1940 g/mol. The standard InChI is InChI=1S/C90H131N21O23S2/c1-43(2)30-57(91)77(120)107-68(42-136)85(128)102-60(27-28-70(92)115)78(121)106-66(40-112)83(126)104-62(32-45(5)6)80(123)98-48(10)76(119)109-73(46(7)8)87(130)110-74(50(12)113)88(131)105-65(33-51-23-25-54(114)26-24-51)89(132)111-29-17-22-69(111)86(129)96-39-72(117)100-63(34-52-36-93-58-20-15-13-18-55(52)58)81(124)103-61(31-44(3)4)79(122)97-47(9)75(118)95-38-71(116)101-64(35-53-37-94-59-21-16-14-19-56(53)59)82(125)108-67(41-135)84(127)99-49(11)90(133)134/h13-16,18-21,23-26,36-37,43-50,57,60-69,73-74,93-94,112-114,135-136H,17,22,27-35,38-42,91H2,1-12H3,(H2,92,115)(H,95,118)(H,96,129)(H,97,122)(H,98,123)(H,99,127)(H,100,117)(H,101,116)(H,102,128)(H,103,124)(H,104,126)(H,105,131)(H,106,121)(H,107,120)(H,108,125)(H,109,119)(H,110,130)(H,133,134)/t47-,48-,49-,50+,57-,60-,61-,62-,63-,64-,65-,66-,67-,68-,69-,73-,74-/m0/s1. The normalized spacial score (nSPS) is 16.0. The molecule has 26 N–H and O–H groups in total. The number of nitrogens with one attached hydrogen (secondary N) is 18. The molecule has 6 rings (SSSR count). The molecule has 0 unspecified atom stereocenters. The van der Waals surface area contributed by atoms with Crippen LogP contribution in [0, 0.1) is 23.7 Å². The van der Waals surface area contributed by atoms with Crippen LogP contribution in [0.4, 0.5) is 0 Å². The van der Waals surface area contributed by atoms with E-state index < -0.39 is 254 Å². The average Bonchev–Trinajstić information content (AvgIpc) is 1.66. The molecule has 1 fully saturated rings. The minimum Gasteiger partial charge on any atom is -0.508 e. The van der Waals surface area contributed by atoms with Crippen molar-refractivity contribution in [2.75, 3.05) is 37.7 Å². The van der Waals surface area contributed by atoms with Gasteiger partial charge in [-0.3, -0.25) is 91.1 Å². The van der Waals surface area contributed by atoms with Gasteiger partial charge in [-0.25, -0.2) is 0 Å². The number of nitrogens with zero attached hydrogens (tertiary/aromatic N) is 1. The van der Waals surface area contributed by atoms with Gasteiger partial charge >= 0.3 is 5.97 Å². The summed E-state index contributed by atoms with van der Waals surface area (Å²) in [4.78, 5) is 269. The molecule has 5 aromatic rings. The Kier molecular flexibility index (Phi) is 44.4. The maximum absolute atomic E-state index is 15.0. The summed E-state index contributed by atoms with van der Waals surface area (Å²) in [5.41, 5.74) is 14.3. The third-order valence-corrected chi connectivity index (χ3v) is 23.0. The van der Waals surface area contributed by atoms with Gasteiger partial charge in [0.1, 0.15) is 96.4 Å². The first-order valence-electron chi connectivity index (χ1n) is 44.9. The summed E-state index contributed by atoms with van der Waals surface area (Å²) in [6, 6.07) is -3.29. The number of aromatic nitrogens is 2. The van der Waals surface area contributed by atoms with Crippen molar-refractivity contribution in [2.45, 2.75) is 250 Å². The zero-order chi connectivity index (χ0) is 101. The van der Waals surface area contributed by atoms with E-state index in [4.69, 9.17) is 11.5 Å². The molecule has 46 heteroatoms. The summed E-state index contributed by atoms with van der Waals surface area (Å²) in [5.74, 6) is -19.8. The Labute approximate surface area is 797 Å². The van der Waals surface area contributed by atoms with Gasteiger partial charge in [0, 0.05) is 77.9 Å². The number of nitrogens with two attached hydrogens (primary N) is 2. The number of aliphatic hydroxyl groups excluding tert-OH is 2. The quantitative estimate of drug-likeness (QED) is 0.0166. The number of carboxylic acids is 1. The SMILES string of the molecule is CC(C)C[C@H](NC(=O)[C@H](Cc1c[nH]c2ccccc12)NC(=O)CNC(=O)[C@@H]1CCCN1C(=O)[C@H](Cc1ccc(O)cc1)NC(=O)[C@@H](NC(=O)[C@@H](NC(=O)[C@H](C)NC(=O)[C@H](CC(C)C)NC(=O)[C@H](CO)NC(=O)[C@H](CCC(N)=O)NC(=O)[C@H](CS)NC(=O)[C@@H](N)CC(C)C)C(C)C)[C@@H](C)O)C(=O)N[C@@H](C)C(=O)NCC(=O)N[C@@H](Cc1c[nH]c2ccccc12)C(=O)N[C@@H](CS)C(=O)N[C@@H](C)C(=O)O. The van der Waals surface area contributed by atoms with Crippen LogP contribution in [0.2, 0.25) is 0 Å². The topological polar surface area (TPSA) is 685 Å². The number of likely N-dealkylation sites (tertiary alicyclic amines) is 1. The monoisotopic (exact) mass is 1940 g/mol. The Morgan fingerprint density at radius 2 is 0.853 bits per heavy atom. The molecule has 2 aromatic heterocycles. The van der Waals surface area contributed by atoms with Gasteiger partial charge in [-0.1, -0.05) is 104 Å². The zero-order valence-corrected chi connectivity index (χ0v) is 79.9. The second-order valence-electron chi connectivity index (χ2n) is 35.3. The van der Waals surface area contributed by atoms with E-state index in [-0.39, 0.29) is 92.9 Å². The van der Waals surface area contributed by atoms with Crippen molar-refractivity contribution in [3.8, 4) is 5.75 Å². The lowest BCUT2D eigenvalue weighted by Gasteiger charge is -2.31. The number of phenols is 1. The molecule has 44 nitrogen and oxygen atoms in total. The molecule has 0 bridgehead atoms. The van der Waals surface area contributed by atoms with E-state index >= 15 is 4.79 Å². The maximum atomic E-state index is 15.0. The summed E-state index contributed by atoms with van der Waals surface area (Å²) in [6.45, 7) is 16.0. The largest absolute Gasteiger partial charge is 0.508 e. The first-order chi connectivity index (χ1) is 64.1. The third kappa shape index (κ3) is 34.8. The van der Waals surface area contributed by atoms with E-state index in [2.05, 4.69) is 120 Å². The van der Waals surface area contributed by atoms with Crippen molar-refractivity contribution in [3.63, 3.8) is 0 Å². The third-order valence-electron chi connectivity index (χ3n) is 22.2. The van der Waals surface area contributed by atoms with E-state index in [1.165, 1.54) is 63.8 Å². The van der Waals surface area contributed by atoms with Gasteiger partial charge in [-0.15, -0.1) is 0 Å². The van der Waals surface area contributed by atoms with Crippen LogP contribution in [0.3, 0.4) is 0 Å². The summed E-state index contributed by atoms with van der Waals surface area (Å²) >= 11 is 8.33. The Morgan fingerprint density at radius 3 is 1.33 bits per heavy atom. The fourth-order valence-corrected chi connectivity index (χ4v) is 15.3. The van der Waals surface area contributed by atoms with E-state index in [1.807, 2.05) is 13.8 Å². The molecule has 18 amide bonds. The van der Waals surface area contributed by atoms with Gasteiger partial charge in [0.25, 0.3) is 0 Å². The lowest BCUT2D eigenvalue weighted by molar-refractivity contribution is -0.142. The predicted octanol–water partition coefficient (Wildman–Crippen LogP) is -3.84. The second kappa shape index (κ2) is 54.0. The molecular weight excluding hydrogens is 1810 g/mol. The fraction of sp³-hybridized carbons (Fsp3) is 0.544. The van der Waals surface area contributed by atoms with E-state index in [0.29, 0.717) is 38.5 Å². The van der Waals surface area contributed by atoms with Gasteiger partial charge in [0.15, 0.2) is 0 Å². The van der Waals surface area contributed by atoms with Gasteiger partial charge in [0.05, 0.1) is 31.8 Å². The van der Waals surface area contributed by atoms with Crippen LogP contribution in [0.15, 0.2) is 85.2 Å². The van der Waals surface area contributed by atoms with Gasteiger partial charge in [-0.2, -0.15) is 25.3 Å². The van der Waals surface area contributed by atoms with Crippen LogP contribution >= 0.6 is 25.3 Å². The number of aromatic hydroxyl groups is 1. The van der Waals surface area contributed by atoms with Crippen molar-refractivity contribution < 1.29 is 112 Å². The molecule has 3 heterocycles. The number of benzene rings is 3. The molecule has 1 saturated heterocycles. The highest BCUT2D eigenvalue weighted by Gasteiger charge is 2.42. The summed E-state index contributed by atoms with van der Waals surface area (Å²) in [7, 11) is 0. The molecule has 136 heavy (non-hydrogen) atoms. The lowest BCUT2D eigenvalue weighted by Crippen LogP contribution is -2.62. The number of primary amides is 1. The number of hydrogen-bond donors (Lipinski definition) is 26. The number of phenolic OH excluding ortho intramolecular Hbond substituents is 1. The number of amides is 18. The number of aliphatic hydroxyl groups is 2. The van der Waals surface area contributed by atoms with Crippen LogP contribution in [-0.4, -0.2) is 288 Å². The first kappa shape index (κ1) is 112. The number of aromatic amines is 2. The van der Waals surface area contributed by atoms with E-state index in [0.717, 1.165) is 6.92 Å². The Bertz CT molecular complexity index is 5050. The molecule has 0 aliphatic carbocycles. The number of hydrogen-bond acceptors (Lipinski definition) is 25. The summed E-state index contributed by atoms with van der Waals surface area (Å²) in [5, 5.41) is 82.6. The number of rotatable bonds is 54. The van der Waals surface area contributed by atoms with E-state index in [1.54, 1.807) is 88.6 Å². The van der Waals surface area contributed by atoms with Crippen LogP contribution in [0.1, 0.15) is 145 Å². The van der Waals surface area contributed by atoms with Crippen LogP contribution in [-0.2, 0) is 110 Å². The minimum atomic E-state index is -1.86. The molecule has 746 valence electrons. The minimum absolute atomic E-state index is 0.00884. The number of para-hydroxylation sites is 2. The van der Waals surface area contributed by atoms with Gasteiger partial charge in [0.2, 0.25) is 106 Å². The van der Waals surface area contributed by atoms with Crippen molar-refractivity contribution in [1.82, 2.24) is 99.9 Å². The highest BCUT2D eigenvalue weighted by Crippen LogP contribution is 2.25. The molecule has 1 aliphatic heterocycles. The molecule has 0 spiro atoms. The Balaban J connectivity index is 1.11. The van der Waals surface area contributed by atoms with Gasteiger partial charge in [-0.05, 0) is 131 Å². The highest BCUT2D eigenvalue weighted by atomic mass is 32.1. The number of carbonyl (C=O) groups excluding carboxylic acids is 18. The molecule has 0 radical (unpaired) electrons. The molecule has 0 saturated carbocycles. The predicted molar refractivity (Wildman–Crippen MR) is 504 cm³/mol. The van der Waals surface area contributed by atoms with Crippen LogP contribution in [0.5, 0.6) is 5.75 Å². The Hall–Kier alpha value is -13.0. The molecule has 17 atom stereocenters. The zero-order valence-electron chi connectivity index (χ0n) is 78.1. The second-order valence-corrected chi connectivity index (χ2v) is 36.1. The highest BCUT2D eigenvalue weighted by molar-refractivity contribution is 7.80. The number of H-pyrrole nitrogens is 2. The number of aliphatic carboxylic acids is 1. The number of carboxylic acid groups (broad SMARTS) is 1. The fourth-order valence-electron chi connectivity index (χ4n) is 14.8. The first-order valence-corrected chi connectivity index (χ1v) is 46.1. The number of thiol groups is 2. The summed E-state index contributed by atoms with van der Waals surface area (Å²) in [6.07, 6.45) is 0.558. The smallest absolute Gasteiger partial charge is 0.325 e. The van der Waals surface area contributed by atoms with Crippen molar-refractivity contribution in [3.05, 3.63) is 102 Å². The van der Waals surface area contributed by atoms with Crippen molar-refractivity contribution in [2.24, 2.45) is 35.1 Å².